The van der Waals surface area contributed by atoms with Crippen LogP contribution in [0.3, 0.4) is 0 Å². The van der Waals surface area contributed by atoms with Crippen molar-refractivity contribution in [3.8, 4) is 24.2 Å². The lowest BCUT2D eigenvalue weighted by Crippen LogP contribution is -1.95. The zero-order valence-electron chi connectivity index (χ0n) is 12.7. The molecule has 0 saturated carbocycles. The lowest BCUT2D eigenvalue weighted by Gasteiger charge is -2.09. The van der Waals surface area contributed by atoms with Gasteiger partial charge >= 0.3 is 0 Å². The molecule has 2 aromatic carbocycles. The molecule has 0 fully saturated rings. The molecular formula is C18H10Cl2N2O3. The Balaban J connectivity index is 2.44. The summed E-state index contributed by atoms with van der Waals surface area (Å²) < 4.78 is 5.27. The van der Waals surface area contributed by atoms with Crippen molar-refractivity contribution >= 4 is 40.5 Å². The molecule has 0 heterocycles. The van der Waals surface area contributed by atoms with E-state index in [0.717, 1.165) is 0 Å². The van der Waals surface area contributed by atoms with Crippen LogP contribution in [0.5, 0.6) is 5.75 Å². The molecule has 0 spiro atoms. The number of non-ortho nitro benzene ring substituents is 1. The van der Waals surface area contributed by atoms with Crippen LogP contribution in [0.25, 0.3) is 11.6 Å². The number of terminal acetylenes is 1. The lowest BCUT2D eigenvalue weighted by atomic mass is 10.0. The van der Waals surface area contributed by atoms with Gasteiger partial charge in [0.25, 0.3) is 5.69 Å². The molecule has 124 valence electrons. The fraction of sp³-hybridized carbons (Fsp3) is 0.0556. The number of nitro groups is 1. The lowest BCUT2D eigenvalue weighted by molar-refractivity contribution is -0.384. The van der Waals surface area contributed by atoms with Gasteiger partial charge in [0.15, 0.2) is 5.75 Å². The molecule has 0 aliphatic carbocycles. The molecule has 2 aromatic rings. The Bertz CT molecular complexity index is 917. The Morgan fingerprint density at radius 2 is 2.00 bits per heavy atom. The third-order valence-corrected chi connectivity index (χ3v) is 3.68. The first-order valence-corrected chi connectivity index (χ1v) is 7.63. The predicted molar refractivity (Wildman–Crippen MR) is 97.4 cm³/mol. The van der Waals surface area contributed by atoms with Crippen LogP contribution in [0.2, 0.25) is 10.0 Å². The number of hydrogen-bond donors (Lipinski definition) is 0. The Hall–Kier alpha value is -2.99. The number of nitro benzene ring substituents is 1. The molecule has 0 bridgehead atoms. The highest BCUT2D eigenvalue weighted by Crippen LogP contribution is 2.35. The number of hydrogen-bond acceptors (Lipinski definition) is 4. The quantitative estimate of drug-likeness (QED) is 0.244. The zero-order valence-corrected chi connectivity index (χ0v) is 14.2. The summed E-state index contributed by atoms with van der Waals surface area (Å²) in [5, 5.41) is 20.7. The Kier molecular flexibility index (Phi) is 6.03. The smallest absolute Gasteiger partial charge is 0.270 e. The van der Waals surface area contributed by atoms with Crippen molar-refractivity contribution < 1.29 is 9.66 Å². The van der Waals surface area contributed by atoms with Crippen molar-refractivity contribution in [2.24, 2.45) is 0 Å². The summed E-state index contributed by atoms with van der Waals surface area (Å²) in [6, 6.07) is 10.9. The van der Waals surface area contributed by atoms with Gasteiger partial charge in [0, 0.05) is 12.1 Å². The number of rotatable bonds is 5. The van der Waals surface area contributed by atoms with Crippen LogP contribution in [0, 0.1) is 33.8 Å². The molecule has 5 nitrogen and oxygen atoms in total. The first kappa shape index (κ1) is 18.4. The highest BCUT2D eigenvalue weighted by molar-refractivity contribution is 6.37. The van der Waals surface area contributed by atoms with Gasteiger partial charge in [-0.05, 0) is 29.3 Å². The molecule has 25 heavy (non-hydrogen) atoms. The average molecular weight is 373 g/mol. The van der Waals surface area contributed by atoms with E-state index in [9.17, 15) is 15.4 Å². The summed E-state index contributed by atoms with van der Waals surface area (Å²) in [4.78, 5) is 10.4. The Morgan fingerprint density at radius 1 is 1.32 bits per heavy atom. The number of nitrogens with zero attached hydrogens (tertiary/aromatic N) is 2. The minimum atomic E-state index is -0.524. The molecule has 0 saturated heterocycles. The third kappa shape index (κ3) is 4.51. The first-order valence-electron chi connectivity index (χ1n) is 6.88. The molecule has 0 N–H and O–H groups in total. The molecule has 0 amide bonds. The predicted octanol–water partition coefficient (Wildman–Crippen LogP) is 4.98. The number of nitriles is 1. The van der Waals surface area contributed by atoms with Gasteiger partial charge in [-0.3, -0.25) is 10.1 Å². The van der Waals surface area contributed by atoms with Crippen LogP contribution in [0.15, 0.2) is 36.4 Å². The second-order valence-corrected chi connectivity index (χ2v) is 5.60. The normalized spacial score (nSPS) is 10.6. The van der Waals surface area contributed by atoms with Gasteiger partial charge in [-0.25, -0.2) is 0 Å². The minimum Gasteiger partial charge on any atom is -0.478 e. The van der Waals surface area contributed by atoms with E-state index in [1.165, 1.54) is 24.3 Å². The summed E-state index contributed by atoms with van der Waals surface area (Å²) >= 11 is 12.3. The SMILES string of the molecule is C#CCOc1c(Cl)cc(/C=C(/C#N)c2cccc([N+](=O)[O-])c2)cc1Cl. The summed E-state index contributed by atoms with van der Waals surface area (Å²) in [5.41, 5.74) is 1.09. The van der Waals surface area contributed by atoms with Crippen LogP contribution >= 0.6 is 23.2 Å². The van der Waals surface area contributed by atoms with Crippen molar-refractivity contribution in [3.05, 3.63) is 67.7 Å². The third-order valence-electron chi connectivity index (χ3n) is 3.12. The highest BCUT2D eigenvalue weighted by Gasteiger charge is 2.12. The van der Waals surface area contributed by atoms with Crippen molar-refractivity contribution in [1.29, 1.82) is 5.26 Å². The summed E-state index contributed by atoms with van der Waals surface area (Å²) in [7, 11) is 0. The van der Waals surface area contributed by atoms with Crippen molar-refractivity contribution in [2.45, 2.75) is 0 Å². The zero-order chi connectivity index (χ0) is 18.4. The van der Waals surface area contributed by atoms with Crippen molar-refractivity contribution in [1.82, 2.24) is 0 Å². The van der Waals surface area contributed by atoms with E-state index in [0.29, 0.717) is 11.1 Å². The molecule has 7 heteroatoms. The fourth-order valence-electron chi connectivity index (χ4n) is 2.05. The van der Waals surface area contributed by atoms with E-state index in [4.69, 9.17) is 34.4 Å². The van der Waals surface area contributed by atoms with Gasteiger partial charge in [-0.15, -0.1) is 6.42 Å². The van der Waals surface area contributed by atoms with Crippen LogP contribution in [-0.2, 0) is 0 Å². The van der Waals surface area contributed by atoms with Crippen LogP contribution in [-0.4, -0.2) is 11.5 Å². The van der Waals surface area contributed by atoms with Crippen LogP contribution in [0.4, 0.5) is 5.69 Å². The Labute approximate surface area is 154 Å². The monoisotopic (exact) mass is 372 g/mol. The van der Waals surface area contributed by atoms with E-state index < -0.39 is 4.92 Å². The second kappa shape index (κ2) is 8.21. The number of benzene rings is 2. The van der Waals surface area contributed by atoms with Gasteiger partial charge in [-0.1, -0.05) is 41.3 Å². The summed E-state index contributed by atoms with van der Waals surface area (Å²) in [5.74, 6) is 2.57. The first-order chi connectivity index (χ1) is 12.0. The molecule has 0 aliphatic rings. The number of halogens is 2. The van der Waals surface area contributed by atoms with Gasteiger partial charge in [0.2, 0.25) is 0 Å². The van der Waals surface area contributed by atoms with Crippen molar-refractivity contribution in [2.75, 3.05) is 6.61 Å². The molecule has 0 aromatic heterocycles. The molecule has 0 atom stereocenters. The molecular weight excluding hydrogens is 363 g/mol. The van der Waals surface area contributed by atoms with E-state index >= 15 is 0 Å². The fourth-order valence-corrected chi connectivity index (χ4v) is 2.66. The Morgan fingerprint density at radius 3 is 2.56 bits per heavy atom. The molecule has 0 unspecified atom stereocenters. The maximum absolute atomic E-state index is 10.9. The maximum Gasteiger partial charge on any atom is 0.270 e. The van der Waals surface area contributed by atoms with E-state index in [1.54, 1.807) is 18.2 Å². The number of ether oxygens (including phenoxy) is 1. The molecule has 2 rings (SSSR count). The van der Waals surface area contributed by atoms with Crippen LogP contribution in [0.1, 0.15) is 11.1 Å². The standard InChI is InChI=1S/C18H10Cl2N2O3/c1-2-6-25-18-16(19)8-12(9-17(18)20)7-14(11-21)13-4-3-5-15(10-13)22(23)24/h1,3-5,7-10H,6H2/b14-7-. The molecule has 0 radical (unpaired) electrons. The maximum atomic E-state index is 10.9. The number of allylic oxidation sites excluding steroid dienone is 1. The molecule has 0 aliphatic heterocycles. The topological polar surface area (TPSA) is 76.2 Å². The van der Waals surface area contributed by atoms with Gasteiger partial charge in [0.1, 0.15) is 6.61 Å². The highest BCUT2D eigenvalue weighted by atomic mass is 35.5. The van der Waals surface area contributed by atoms with Crippen LogP contribution < -0.4 is 4.74 Å². The second-order valence-electron chi connectivity index (χ2n) is 4.78. The van der Waals surface area contributed by atoms with E-state index in [2.05, 4.69) is 5.92 Å². The summed E-state index contributed by atoms with van der Waals surface area (Å²) in [6.07, 6.45) is 6.66. The average Bonchev–Trinajstić information content (AvgIpc) is 2.59. The van der Waals surface area contributed by atoms with Crippen molar-refractivity contribution in [3.63, 3.8) is 0 Å². The van der Waals surface area contributed by atoms with E-state index in [-0.39, 0.29) is 33.7 Å². The van der Waals surface area contributed by atoms with Gasteiger partial charge in [-0.2, -0.15) is 5.26 Å². The van der Waals surface area contributed by atoms with Gasteiger partial charge < -0.3 is 4.74 Å². The van der Waals surface area contributed by atoms with E-state index in [1.807, 2.05) is 6.07 Å². The minimum absolute atomic E-state index is 0.0196. The van der Waals surface area contributed by atoms with Gasteiger partial charge in [0.05, 0.1) is 26.6 Å². The largest absolute Gasteiger partial charge is 0.478 e. The summed E-state index contributed by atoms with van der Waals surface area (Å²) in [6.45, 7) is 0.0196.